The highest BCUT2D eigenvalue weighted by Crippen LogP contribution is 2.23. The first-order chi connectivity index (χ1) is 9.74. The Morgan fingerprint density at radius 1 is 1.20 bits per heavy atom. The van der Waals surface area contributed by atoms with Crippen LogP contribution in [0.15, 0.2) is 0 Å². The van der Waals surface area contributed by atoms with Gasteiger partial charge < -0.3 is 5.73 Å². The molecular formula is C14H28N6. The second-order valence-corrected chi connectivity index (χ2v) is 5.86. The molecular weight excluding hydrogens is 252 g/mol. The van der Waals surface area contributed by atoms with E-state index in [0.717, 1.165) is 51.1 Å². The lowest BCUT2D eigenvalue weighted by Gasteiger charge is -2.35. The zero-order valence-corrected chi connectivity index (χ0v) is 12.8. The summed E-state index contributed by atoms with van der Waals surface area (Å²) in [5, 5.41) is 12.1. The monoisotopic (exact) mass is 280 g/mol. The van der Waals surface area contributed by atoms with Gasteiger partial charge in [-0.05, 0) is 55.5 Å². The van der Waals surface area contributed by atoms with Crippen LogP contribution in [0.25, 0.3) is 0 Å². The minimum absolute atomic E-state index is 0.403. The van der Waals surface area contributed by atoms with Crippen molar-refractivity contribution in [3.63, 3.8) is 0 Å². The van der Waals surface area contributed by atoms with Gasteiger partial charge in [0.25, 0.3) is 0 Å². The van der Waals surface area contributed by atoms with Crippen LogP contribution < -0.4 is 5.73 Å². The van der Waals surface area contributed by atoms with Crippen molar-refractivity contribution in [2.24, 2.45) is 5.73 Å². The van der Waals surface area contributed by atoms with Crippen molar-refractivity contribution in [2.75, 3.05) is 6.54 Å². The summed E-state index contributed by atoms with van der Waals surface area (Å²) in [5.74, 6) is 0.996. The van der Waals surface area contributed by atoms with Crippen molar-refractivity contribution < 1.29 is 0 Å². The van der Waals surface area contributed by atoms with Gasteiger partial charge in [0.1, 0.15) is 0 Å². The Labute approximate surface area is 121 Å². The summed E-state index contributed by atoms with van der Waals surface area (Å²) in [5.41, 5.74) is 6.02. The van der Waals surface area contributed by atoms with E-state index in [9.17, 15) is 0 Å². The fourth-order valence-electron chi connectivity index (χ4n) is 3.05. The lowest BCUT2D eigenvalue weighted by atomic mass is 9.90. The summed E-state index contributed by atoms with van der Waals surface area (Å²) < 4.78 is 1.94. The van der Waals surface area contributed by atoms with Gasteiger partial charge in [0, 0.05) is 18.6 Å². The van der Waals surface area contributed by atoms with Gasteiger partial charge in [0.2, 0.25) is 0 Å². The molecule has 6 heteroatoms. The quantitative estimate of drug-likeness (QED) is 0.820. The van der Waals surface area contributed by atoms with Gasteiger partial charge in [-0.1, -0.05) is 13.8 Å². The van der Waals surface area contributed by atoms with Crippen LogP contribution in [0.2, 0.25) is 0 Å². The molecule has 1 fully saturated rings. The molecule has 0 radical (unpaired) electrons. The molecule has 0 aliphatic heterocycles. The van der Waals surface area contributed by atoms with Crippen molar-refractivity contribution >= 4 is 0 Å². The first kappa shape index (κ1) is 15.4. The van der Waals surface area contributed by atoms with Crippen LogP contribution in [-0.4, -0.2) is 43.7 Å². The standard InChI is InChI=1S/C14H28N6/c1-3-9-19(13-7-5-12(15)6-8-13)11-14-16-17-18-20(14)10-4-2/h12-13H,3-11,15H2,1-2H3. The van der Waals surface area contributed by atoms with E-state index < -0.39 is 0 Å². The van der Waals surface area contributed by atoms with E-state index in [-0.39, 0.29) is 0 Å². The first-order valence-electron chi connectivity index (χ1n) is 7.99. The Morgan fingerprint density at radius 2 is 1.95 bits per heavy atom. The Balaban J connectivity index is 1.99. The minimum atomic E-state index is 0.403. The molecule has 1 saturated carbocycles. The maximum absolute atomic E-state index is 6.02. The molecule has 2 N–H and O–H groups in total. The molecule has 0 saturated heterocycles. The summed E-state index contributed by atoms with van der Waals surface area (Å²) in [6.07, 6.45) is 6.92. The molecule has 1 aliphatic carbocycles. The van der Waals surface area contributed by atoms with Crippen LogP contribution in [0, 0.1) is 0 Å². The maximum Gasteiger partial charge on any atom is 0.165 e. The van der Waals surface area contributed by atoms with Gasteiger partial charge in [0.15, 0.2) is 5.82 Å². The molecule has 0 spiro atoms. The van der Waals surface area contributed by atoms with E-state index in [0.29, 0.717) is 12.1 Å². The molecule has 0 aromatic carbocycles. The second-order valence-electron chi connectivity index (χ2n) is 5.86. The van der Waals surface area contributed by atoms with Crippen molar-refractivity contribution in [2.45, 2.75) is 77.5 Å². The molecule has 0 unspecified atom stereocenters. The fraction of sp³-hybridized carbons (Fsp3) is 0.929. The normalized spacial score (nSPS) is 23.4. The zero-order valence-electron chi connectivity index (χ0n) is 12.8. The zero-order chi connectivity index (χ0) is 14.4. The lowest BCUT2D eigenvalue weighted by Crippen LogP contribution is -2.41. The van der Waals surface area contributed by atoms with Crippen LogP contribution in [0.3, 0.4) is 0 Å². The molecule has 0 bridgehead atoms. The molecule has 1 aliphatic rings. The van der Waals surface area contributed by atoms with Crippen molar-refractivity contribution in [3.8, 4) is 0 Å². The van der Waals surface area contributed by atoms with Gasteiger partial charge in [-0.3, -0.25) is 4.90 Å². The Morgan fingerprint density at radius 3 is 2.60 bits per heavy atom. The molecule has 6 nitrogen and oxygen atoms in total. The topological polar surface area (TPSA) is 72.9 Å². The SMILES string of the molecule is CCCN(Cc1nnnn1CCC)C1CCC(N)CC1. The van der Waals surface area contributed by atoms with Crippen molar-refractivity contribution in [1.29, 1.82) is 0 Å². The smallest absolute Gasteiger partial charge is 0.165 e. The van der Waals surface area contributed by atoms with Gasteiger partial charge in [-0.15, -0.1) is 5.10 Å². The number of hydrogen-bond acceptors (Lipinski definition) is 5. The third-order valence-electron chi connectivity index (χ3n) is 4.15. The van der Waals surface area contributed by atoms with Crippen molar-refractivity contribution in [1.82, 2.24) is 25.1 Å². The summed E-state index contributed by atoms with van der Waals surface area (Å²) in [4.78, 5) is 2.55. The summed E-state index contributed by atoms with van der Waals surface area (Å²) in [6, 6.07) is 1.04. The molecule has 20 heavy (non-hydrogen) atoms. The fourth-order valence-corrected chi connectivity index (χ4v) is 3.05. The Hall–Kier alpha value is -1.01. The number of aryl methyl sites for hydroxylation is 1. The van der Waals surface area contributed by atoms with E-state index in [1.54, 1.807) is 0 Å². The predicted octanol–water partition coefficient (Wildman–Crippen LogP) is 1.56. The number of aromatic nitrogens is 4. The second kappa shape index (κ2) is 7.69. The molecule has 1 heterocycles. The number of hydrogen-bond donors (Lipinski definition) is 1. The third kappa shape index (κ3) is 3.99. The van der Waals surface area contributed by atoms with Crippen molar-refractivity contribution in [3.05, 3.63) is 5.82 Å². The van der Waals surface area contributed by atoms with Gasteiger partial charge in [-0.2, -0.15) is 0 Å². The Bertz CT molecular complexity index is 383. The van der Waals surface area contributed by atoms with Crippen LogP contribution in [-0.2, 0) is 13.1 Å². The highest BCUT2D eigenvalue weighted by Gasteiger charge is 2.25. The molecule has 114 valence electrons. The van der Waals surface area contributed by atoms with E-state index in [2.05, 4.69) is 34.3 Å². The number of nitrogens with zero attached hydrogens (tertiary/aromatic N) is 5. The summed E-state index contributed by atoms with van der Waals surface area (Å²) in [7, 11) is 0. The van der Waals surface area contributed by atoms with E-state index in [4.69, 9.17) is 5.73 Å². The third-order valence-corrected chi connectivity index (χ3v) is 4.15. The number of rotatable bonds is 7. The number of nitrogens with two attached hydrogens (primary N) is 1. The first-order valence-corrected chi connectivity index (χ1v) is 7.99. The molecule has 1 aromatic rings. The summed E-state index contributed by atoms with van der Waals surface area (Å²) >= 11 is 0. The van der Waals surface area contributed by atoms with E-state index in [1.807, 2.05) is 4.68 Å². The van der Waals surface area contributed by atoms with E-state index in [1.165, 1.54) is 12.8 Å². The minimum Gasteiger partial charge on any atom is -0.328 e. The van der Waals surface area contributed by atoms with E-state index >= 15 is 0 Å². The highest BCUT2D eigenvalue weighted by molar-refractivity contribution is 4.87. The molecule has 2 rings (SSSR count). The van der Waals surface area contributed by atoms with Crippen LogP contribution in [0.5, 0.6) is 0 Å². The number of tetrazole rings is 1. The van der Waals surface area contributed by atoms with Crippen LogP contribution in [0.4, 0.5) is 0 Å². The Kier molecular flexibility index (Phi) is 5.91. The van der Waals surface area contributed by atoms with Gasteiger partial charge >= 0.3 is 0 Å². The lowest BCUT2D eigenvalue weighted by molar-refractivity contribution is 0.136. The summed E-state index contributed by atoms with van der Waals surface area (Å²) in [6.45, 7) is 7.26. The average Bonchev–Trinajstić information content (AvgIpc) is 2.87. The maximum atomic E-state index is 6.02. The molecule has 0 amide bonds. The predicted molar refractivity (Wildman–Crippen MR) is 79.0 cm³/mol. The molecule has 0 atom stereocenters. The van der Waals surface area contributed by atoms with Crippen LogP contribution in [0.1, 0.15) is 58.2 Å². The largest absolute Gasteiger partial charge is 0.328 e. The highest BCUT2D eigenvalue weighted by atomic mass is 15.5. The molecule has 1 aromatic heterocycles. The average molecular weight is 280 g/mol. The van der Waals surface area contributed by atoms with Gasteiger partial charge in [-0.25, -0.2) is 4.68 Å². The van der Waals surface area contributed by atoms with Crippen LogP contribution >= 0.6 is 0 Å². The van der Waals surface area contributed by atoms with Gasteiger partial charge in [0.05, 0.1) is 6.54 Å².